The lowest BCUT2D eigenvalue weighted by Crippen LogP contribution is -2.59. The Kier molecular flexibility index (Phi) is 6.54. The molecule has 1 atom stereocenters. The molecule has 0 fully saturated rings. The Morgan fingerprint density at radius 1 is 0.972 bits per heavy atom. The van der Waals surface area contributed by atoms with E-state index < -0.39 is 0 Å². The normalized spacial score (nSPS) is 15.8. The van der Waals surface area contributed by atoms with Gasteiger partial charge in [0.2, 0.25) is 5.62 Å². The molecule has 36 heavy (non-hydrogen) atoms. The van der Waals surface area contributed by atoms with Gasteiger partial charge in [-0.05, 0) is 35.7 Å². The molecule has 0 spiro atoms. The van der Waals surface area contributed by atoms with Gasteiger partial charge in [-0.1, -0.05) is 72.8 Å². The topological polar surface area (TPSA) is 82.5 Å². The van der Waals surface area contributed by atoms with Crippen molar-refractivity contribution in [1.82, 2.24) is 14.5 Å². The Morgan fingerprint density at radius 2 is 1.61 bits per heavy atom. The lowest BCUT2D eigenvalue weighted by atomic mass is 10.0. The maximum atomic E-state index is 9.09. The van der Waals surface area contributed by atoms with Gasteiger partial charge >= 0.3 is 0 Å². The van der Waals surface area contributed by atoms with Crippen LogP contribution in [0.4, 0.5) is 5.69 Å². The van der Waals surface area contributed by atoms with E-state index >= 15 is 0 Å². The van der Waals surface area contributed by atoms with Crippen LogP contribution >= 0.6 is 0 Å². The lowest BCUT2D eigenvalue weighted by molar-refractivity contribution is 0.577. The summed E-state index contributed by atoms with van der Waals surface area (Å²) in [5.41, 5.74) is 6.33. The van der Waals surface area contributed by atoms with Crippen molar-refractivity contribution >= 4 is 11.5 Å². The Morgan fingerprint density at radius 3 is 2.28 bits per heavy atom. The van der Waals surface area contributed by atoms with Crippen molar-refractivity contribution in [3.05, 3.63) is 112 Å². The van der Waals surface area contributed by atoms with Crippen LogP contribution in [0.25, 0.3) is 16.9 Å². The fourth-order valence-corrected chi connectivity index (χ4v) is 4.60. The fraction of sp³-hybridized carbons (Fsp3) is 0.207. The molecule has 1 aliphatic rings. The van der Waals surface area contributed by atoms with Gasteiger partial charge in [-0.2, -0.15) is 0 Å². The van der Waals surface area contributed by atoms with Crippen LogP contribution in [0.2, 0.25) is 0 Å². The van der Waals surface area contributed by atoms with Crippen LogP contribution in [-0.2, 0) is 20.1 Å². The minimum atomic E-state index is 0.127. The molecule has 0 radical (unpaired) electrons. The number of fused-ring (bicyclic) bond motifs is 1. The zero-order valence-electron chi connectivity index (χ0n) is 20.9. The van der Waals surface area contributed by atoms with Gasteiger partial charge in [0, 0.05) is 32.9 Å². The maximum Gasteiger partial charge on any atom is 0.208 e. The standard InChI is InChI=1S/C29H31N7/c1-20-19-36-26(30)25(28(31-2)35(3)29(36)33-20)27(34-24-12-8-5-9-13-24)32-18-21-14-16-23(17-15-21)22-10-6-4-7-11-22/h4-17,20,30,32,34H,18-19H2,1-3H3. The molecule has 1 unspecified atom stereocenters. The summed E-state index contributed by atoms with van der Waals surface area (Å²) in [5.74, 6) is 0.740. The molecular formula is C29H31N7. The predicted octanol–water partition coefficient (Wildman–Crippen LogP) is 2.49. The summed E-state index contributed by atoms with van der Waals surface area (Å²) in [4.78, 5) is 9.29. The van der Waals surface area contributed by atoms with Crippen molar-refractivity contribution in [3.8, 4) is 11.1 Å². The summed E-state index contributed by atoms with van der Waals surface area (Å²) < 4.78 is 3.93. The van der Waals surface area contributed by atoms with Crippen LogP contribution in [0.1, 0.15) is 12.5 Å². The van der Waals surface area contributed by atoms with E-state index in [0.717, 1.165) is 27.9 Å². The third kappa shape index (κ3) is 4.60. The Hall–Kier alpha value is -4.39. The second-order valence-electron chi connectivity index (χ2n) is 9.00. The number of benzene rings is 3. The maximum absolute atomic E-state index is 9.09. The van der Waals surface area contributed by atoms with E-state index in [9.17, 15) is 0 Å². The smallest absolute Gasteiger partial charge is 0.208 e. The molecule has 7 heteroatoms. The average Bonchev–Trinajstić information content (AvgIpc) is 3.32. The molecule has 182 valence electrons. The number of hydrogen-bond acceptors (Lipinski definition) is 5. The van der Waals surface area contributed by atoms with E-state index in [-0.39, 0.29) is 6.04 Å². The van der Waals surface area contributed by atoms with Gasteiger partial charge in [-0.3, -0.25) is 19.5 Å². The molecule has 0 aliphatic carbocycles. The highest BCUT2D eigenvalue weighted by molar-refractivity contribution is 5.64. The first-order valence-corrected chi connectivity index (χ1v) is 12.1. The molecule has 1 aliphatic heterocycles. The molecule has 3 N–H and O–H groups in total. The molecule has 2 heterocycles. The molecule has 0 saturated carbocycles. The van der Waals surface area contributed by atoms with Crippen LogP contribution in [0.3, 0.4) is 0 Å². The Bertz CT molecular complexity index is 1610. The molecule has 0 bridgehead atoms. The second-order valence-corrected chi connectivity index (χ2v) is 9.00. The Labute approximate surface area is 210 Å². The van der Waals surface area contributed by atoms with E-state index in [1.165, 1.54) is 11.1 Å². The van der Waals surface area contributed by atoms with Crippen LogP contribution < -0.4 is 32.4 Å². The van der Waals surface area contributed by atoms with Gasteiger partial charge in [0.15, 0.2) is 0 Å². The van der Waals surface area contributed by atoms with E-state index in [4.69, 9.17) is 10.4 Å². The third-order valence-corrected chi connectivity index (χ3v) is 6.41. The second kappa shape index (κ2) is 10.1. The lowest BCUT2D eigenvalue weighted by Gasteiger charge is -2.16. The SMILES string of the molecule is CN=c1c(=C(NCc2ccc(-c3ccccc3)cc2)Nc2ccccc2)c(=N)n2c(n1C)=NC(C)C2. The first kappa shape index (κ1) is 23.4. The van der Waals surface area contributed by atoms with Crippen molar-refractivity contribution in [2.24, 2.45) is 17.0 Å². The summed E-state index contributed by atoms with van der Waals surface area (Å²) in [6.45, 7) is 3.34. The molecule has 3 aromatic carbocycles. The monoisotopic (exact) mass is 477 g/mol. The molecule has 1 aromatic heterocycles. The van der Waals surface area contributed by atoms with Crippen LogP contribution in [-0.4, -0.2) is 22.2 Å². The highest BCUT2D eigenvalue weighted by Crippen LogP contribution is 2.19. The number of aromatic nitrogens is 2. The number of nitrogens with zero attached hydrogens (tertiary/aromatic N) is 4. The summed E-state index contributed by atoms with van der Waals surface area (Å²) in [7, 11) is 3.72. The summed E-state index contributed by atoms with van der Waals surface area (Å²) in [6.07, 6.45) is 0. The summed E-state index contributed by atoms with van der Waals surface area (Å²) in [5, 5.41) is 16.9. The van der Waals surface area contributed by atoms with Gasteiger partial charge in [0.1, 0.15) is 16.8 Å². The highest BCUT2D eigenvalue weighted by atomic mass is 15.2. The van der Waals surface area contributed by atoms with Crippen molar-refractivity contribution in [1.29, 1.82) is 5.41 Å². The van der Waals surface area contributed by atoms with Gasteiger partial charge in [0.05, 0.1) is 11.3 Å². The Balaban J connectivity index is 1.57. The molecule has 0 amide bonds. The average molecular weight is 478 g/mol. The predicted molar refractivity (Wildman–Crippen MR) is 143 cm³/mol. The number of rotatable bonds is 6. The molecule has 7 nitrogen and oxygen atoms in total. The first-order chi connectivity index (χ1) is 17.5. The third-order valence-electron chi connectivity index (χ3n) is 6.41. The number of nitrogens with one attached hydrogen (secondary N) is 3. The molecule has 4 aromatic rings. The van der Waals surface area contributed by atoms with Crippen molar-refractivity contribution in [2.75, 3.05) is 12.4 Å². The van der Waals surface area contributed by atoms with Crippen LogP contribution in [0, 0.1) is 5.41 Å². The number of hydrogen-bond donors (Lipinski definition) is 3. The van der Waals surface area contributed by atoms with E-state index in [1.54, 1.807) is 7.05 Å². The van der Waals surface area contributed by atoms with E-state index in [1.807, 2.05) is 52.6 Å². The zero-order chi connectivity index (χ0) is 25.1. The minimum Gasteiger partial charge on any atom is -0.367 e. The van der Waals surface area contributed by atoms with Crippen molar-refractivity contribution in [2.45, 2.75) is 26.1 Å². The first-order valence-electron chi connectivity index (χ1n) is 12.1. The molecule has 0 saturated heterocycles. The van der Waals surface area contributed by atoms with E-state index in [2.05, 4.69) is 71.1 Å². The summed E-state index contributed by atoms with van der Waals surface area (Å²) >= 11 is 0. The van der Waals surface area contributed by atoms with Gasteiger partial charge < -0.3 is 10.6 Å². The molecular weight excluding hydrogens is 446 g/mol. The fourth-order valence-electron chi connectivity index (χ4n) is 4.60. The summed E-state index contributed by atoms with van der Waals surface area (Å²) in [6, 6.07) is 29.1. The van der Waals surface area contributed by atoms with Crippen LogP contribution in [0.15, 0.2) is 94.9 Å². The molecule has 5 rings (SSSR count). The zero-order valence-corrected chi connectivity index (χ0v) is 20.9. The van der Waals surface area contributed by atoms with Gasteiger partial charge in [-0.25, -0.2) is 4.99 Å². The van der Waals surface area contributed by atoms with E-state index in [0.29, 0.717) is 24.1 Å². The van der Waals surface area contributed by atoms with Crippen LogP contribution in [0.5, 0.6) is 0 Å². The number of anilines is 1. The van der Waals surface area contributed by atoms with Crippen molar-refractivity contribution in [3.63, 3.8) is 0 Å². The van der Waals surface area contributed by atoms with Gasteiger partial charge in [-0.15, -0.1) is 0 Å². The van der Waals surface area contributed by atoms with Gasteiger partial charge in [0.25, 0.3) is 0 Å². The van der Waals surface area contributed by atoms with Crippen molar-refractivity contribution < 1.29 is 0 Å². The quantitative estimate of drug-likeness (QED) is 0.399. The highest BCUT2D eigenvalue weighted by Gasteiger charge is 2.17. The number of para-hydroxylation sites is 1. The largest absolute Gasteiger partial charge is 0.367 e. The minimum absolute atomic E-state index is 0.127.